The fraction of sp³-hybridized carbons (Fsp3) is 0.350. The Balaban J connectivity index is 1.70. The van der Waals surface area contributed by atoms with Crippen LogP contribution in [0.4, 0.5) is 0 Å². The van der Waals surface area contributed by atoms with Crippen molar-refractivity contribution in [2.45, 2.75) is 39.7 Å². The smallest absolute Gasteiger partial charge is 0.289 e. The van der Waals surface area contributed by atoms with Gasteiger partial charge in [0, 0.05) is 24.6 Å². The largest absolute Gasteiger partial charge is 0.459 e. The highest BCUT2D eigenvalue weighted by molar-refractivity contribution is 5.91. The lowest BCUT2D eigenvalue weighted by Crippen LogP contribution is -2.39. The van der Waals surface area contributed by atoms with Crippen molar-refractivity contribution < 1.29 is 13.7 Å². The van der Waals surface area contributed by atoms with Gasteiger partial charge in [-0.15, -0.1) is 0 Å². The van der Waals surface area contributed by atoms with E-state index in [1.54, 1.807) is 17.0 Å². The van der Waals surface area contributed by atoms with E-state index in [0.717, 1.165) is 17.5 Å². The van der Waals surface area contributed by atoms with E-state index in [2.05, 4.69) is 17.1 Å². The van der Waals surface area contributed by atoms with Crippen LogP contribution in [0, 0.1) is 6.92 Å². The molecule has 2 heterocycles. The second kappa shape index (κ2) is 7.99. The monoisotopic (exact) mass is 353 g/mol. The molecule has 0 aliphatic rings. The van der Waals surface area contributed by atoms with Gasteiger partial charge in [0.05, 0.1) is 6.26 Å². The normalized spacial score (nSPS) is 12.1. The third kappa shape index (κ3) is 4.02. The number of furan rings is 1. The van der Waals surface area contributed by atoms with E-state index in [0.29, 0.717) is 30.4 Å². The minimum absolute atomic E-state index is 0.0896. The van der Waals surface area contributed by atoms with Crippen molar-refractivity contribution in [2.24, 2.45) is 0 Å². The highest BCUT2D eigenvalue weighted by Crippen LogP contribution is 2.18. The number of aryl methyl sites for hydroxylation is 1. The molecule has 0 aliphatic carbocycles. The number of aromatic nitrogens is 2. The van der Waals surface area contributed by atoms with Crippen LogP contribution in [0.3, 0.4) is 0 Å². The fourth-order valence-electron chi connectivity index (χ4n) is 2.76. The second-order valence-electron chi connectivity index (χ2n) is 6.36. The van der Waals surface area contributed by atoms with Gasteiger partial charge < -0.3 is 13.8 Å². The molecule has 0 bridgehead atoms. The molecule has 2 aromatic heterocycles. The van der Waals surface area contributed by atoms with Crippen molar-refractivity contribution in [1.82, 2.24) is 15.0 Å². The minimum Gasteiger partial charge on any atom is -0.459 e. The lowest BCUT2D eigenvalue weighted by molar-refractivity contribution is 0.0654. The van der Waals surface area contributed by atoms with Crippen LogP contribution in [-0.4, -0.2) is 33.5 Å². The Labute approximate surface area is 152 Å². The van der Waals surface area contributed by atoms with Gasteiger partial charge in [0.15, 0.2) is 5.76 Å². The van der Waals surface area contributed by atoms with Crippen molar-refractivity contribution in [2.75, 3.05) is 6.54 Å². The number of carbonyl (C=O) groups excluding carboxylic acids is 1. The number of carbonyl (C=O) groups is 1. The van der Waals surface area contributed by atoms with Crippen LogP contribution in [-0.2, 0) is 6.42 Å². The van der Waals surface area contributed by atoms with Gasteiger partial charge in [-0.05, 0) is 38.5 Å². The molecule has 0 N–H and O–H groups in total. The quantitative estimate of drug-likeness (QED) is 0.639. The van der Waals surface area contributed by atoms with Crippen LogP contribution in [0.2, 0.25) is 0 Å². The maximum Gasteiger partial charge on any atom is 0.289 e. The first-order chi connectivity index (χ1) is 12.6. The molecule has 1 atom stereocenters. The lowest BCUT2D eigenvalue weighted by Gasteiger charge is -2.27. The zero-order valence-corrected chi connectivity index (χ0v) is 15.3. The molecule has 136 valence electrons. The SMILES string of the molecule is CC[C@H](C)N(CCc1nc(-c2cccc(C)c2)no1)C(=O)c1ccco1. The Morgan fingerprint density at radius 2 is 2.12 bits per heavy atom. The molecule has 3 aromatic rings. The summed E-state index contributed by atoms with van der Waals surface area (Å²) in [6.07, 6.45) is 2.86. The Morgan fingerprint density at radius 1 is 1.27 bits per heavy atom. The molecule has 1 amide bonds. The molecule has 0 saturated carbocycles. The molecule has 26 heavy (non-hydrogen) atoms. The topological polar surface area (TPSA) is 72.4 Å². The minimum atomic E-state index is -0.122. The summed E-state index contributed by atoms with van der Waals surface area (Å²) in [5.41, 5.74) is 2.06. The van der Waals surface area contributed by atoms with Crippen molar-refractivity contribution >= 4 is 5.91 Å². The molecule has 0 fully saturated rings. The molecule has 1 aromatic carbocycles. The summed E-state index contributed by atoms with van der Waals surface area (Å²) in [5.74, 6) is 1.30. The number of amides is 1. The van der Waals surface area contributed by atoms with Gasteiger partial charge in [0.2, 0.25) is 11.7 Å². The van der Waals surface area contributed by atoms with Gasteiger partial charge in [-0.3, -0.25) is 4.79 Å². The molecular formula is C20H23N3O3. The Hall–Kier alpha value is -2.89. The van der Waals surface area contributed by atoms with Gasteiger partial charge in [0.1, 0.15) is 0 Å². The zero-order chi connectivity index (χ0) is 18.5. The van der Waals surface area contributed by atoms with E-state index in [4.69, 9.17) is 8.94 Å². The standard InChI is InChI=1S/C20H23N3O3/c1-4-15(3)23(20(24)17-9-6-12-25-17)11-10-18-21-19(22-26-18)16-8-5-7-14(2)13-16/h5-9,12-13,15H,4,10-11H2,1-3H3/t15-/m0/s1. The van der Waals surface area contributed by atoms with Crippen LogP contribution < -0.4 is 0 Å². The molecular weight excluding hydrogens is 330 g/mol. The van der Waals surface area contributed by atoms with E-state index in [1.165, 1.54) is 6.26 Å². The summed E-state index contributed by atoms with van der Waals surface area (Å²) in [6, 6.07) is 11.4. The predicted octanol–water partition coefficient (Wildman–Crippen LogP) is 4.12. The average molecular weight is 353 g/mol. The predicted molar refractivity (Wildman–Crippen MR) is 97.7 cm³/mol. The van der Waals surface area contributed by atoms with E-state index < -0.39 is 0 Å². The second-order valence-corrected chi connectivity index (χ2v) is 6.36. The highest BCUT2D eigenvalue weighted by Gasteiger charge is 2.23. The average Bonchev–Trinajstić information content (AvgIpc) is 3.33. The maximum atomic E-state index is 12.7. The van der Waals surface area contributed by atoms with E-state index >= 15 is 0 Å². The van der Waals surface area contributed by atoms with Crippen LogP contribution >= 0.6 is 0 Å². The summed E-state index contributed by atoms with van der Waals surface area (Å²) >= 11 is 0. The zero-order valence-electron chi connectivity index (χ0n) is 15.3. The Morgan fingerprint density at radius 3 is 2.81 bits per heavy atom. The molecule has 0 unspecified atom stereocenters. The Bertz CT molecular complexity index is 855. The van der Waals surface area contributed by atoms with Crippen LogP contribution in [0.25, 0.3) is 11.4 Å². The summed E-state index contributed by atoms with van der Waals surface area (Å²) in [6.45, 7) is 6.58. The Kier molecular flexibility index (Phi) is 5.51. The molecule has 0 aliphatic heterocycles. The lowest BCUT2D eigenvalue weighted by atomic mass is 10.1. The first kappa shape index (κ1) is 17.9. The summed E-state index contributed by atoms with van der Waals surface area (Å²) in [5, 5.41) is 4.06. The van der Waals surface area contributed by atoms with Gasteiger partial charge in [-0.25, -0.2) is 0 Å². The number of nitrogens with zero attached hydrogens (tertiary/aromatic N) is 3. The third-order valence-electron chi connectivity index (χ3n) is 4.43. The fourth-order valence-corrected chi connectivity index (χ4v) is 2.76. The van der Waals surface area contributed by atoms with Crippen LogP contribution in [0.15, 0.2) is 51.6 Å². The maximum absolute atomic E-state index is 12.7. The first-order valence-electron chi connectivity index (χ1n) is 8.82. The van der Waals surface area contributed by atoms with Crippen molar-refractivity contribution in [3.05, 3.63) is 59.9 Å². The van der Waals surface area contributed by atoms with Crippen LogP contribution in [0.1, 0.15) is 42.3 Å². The van der Waals surface area contributed by atoms with E-state index in [1.807, 2.05) is 38.1 Å². The van der Waals surface area contributed by atoms with Crippen molar-refractivity contribution in [3.8, 4) is 11.4 Å². The van der Waals surface area contributed by atoms with Gasteiger partial charge >= 0.3 is 0 Å². The molecule has 0 spiro atoms. The molecule has 0 radical (unpaired) electrons. The van der Waals surface area contributed by atoms with E-state index in [9.17, 15) is 4.79 Å². The molecule has 6 heteroatoms. The number of benzene rings is 1. The van der Waals surface area contributed by atoms with E-state index in [-0.39, 0.29) is 11.9 Å². The number of rotatable bonds is 7. The molecule has 0 saturated heterocycles. The third-order valence-corrected chi connectivity index (χ3v) is 4.43. The summed E-state index contributed by atoms with van der Waals surface area (Å²) < 4.78 is 10.6. The van der Waals surface area contributed by atoms with Crippen LogP contribution in [0.5, 0.6) is 0 Å². The van der Waals surface area contributed by atoms with Gasteiger partial charge in [-0.2, -0.15) is 4.98 Å². The first-order valence-corrected chi connectivity index (χ1v) is 8.82. The summed E-state index contributed by atoms with van der Waals surface area (Å²) in [4.78, 5) is 18.9. The number of hydrogen-bond donors (Lipinski definition) is 0. The number of hydrogen-bond acceptors (Lipinski definition) is 5. The van der Waals surface area contributed by atoms with Gasteiger partial charge in [-0.1, -0.05) is 35.8 Å². The molecule has 3 rings (SSSR count). The van der Waals surface area contributed by atoms with Crippen molar-refractivity contribution in [1.29, 1.82) is 0 Å². The highest BCUT2D eigenvalue weighted by atomic mass is 16.5. The van der Waals surface area contributed by atoms with Gasteiger partial charge in [0.25, 0.3) is 5.91 Å². The summed E-state index contributed by atoms with van der Waals surface area (Å²) in [7, 11) is 0. The molecule has 6 nitrogen and oxygen atoms in total. The van der Waals surface area contributed by atoms with Crippen molar-refractivity contribution in [3.63, 3.8) is 0 Å².